The summed E-state index contributed by atoms with van der Waals surface area (Å²) in [5.74, 6) is 0. The van der Waals surface area contributed by atoms with Crippen molar-refractivity contribution >= 4 is 44.6 Å². The Hall–Kier alpha value is -0.510. The molecule has 0 spiro atoms. The lowest BCUT2D eigenvalue weighted by Gasteiger charge is -2.04. The standard InChI is InChI=1S/C12H11BrClNS/c1-8-2-4-9(5-3-8)15-7-10-6-11(13)12(14)16-10/h2-6,15H,7H2,1H3. The molecule has 2 aromatic rings. The predicted molar refractivity (Wildman–Crippen MR) is 75.5 cm³/mol. The van der Waals surface area contributed by atoms with Gasteiger partial charge in [0.25, 0.3) is 0 Å². The Morgan fingerprint density at radius 3 is 2.56 bits per heavy atom. The van der Waals surface area contributed by atoms with Crippen LogP contribution in [-0.2, 0) is 6.54 Å². The predicted octanol–water partition coefficient (Wildman–Crippen LogP) is 5.08. The second-order valence-electron chi connectivity index (χ2n) is 3.55. The van der Waals surface area contributed by atoms with Crippen LogP contribution in [-0.4, -0.2) is 0 Å². The van der Waals surface area contributed by atoms with Crippen molar-refractivity contribution in [2.75, 3.05) is 5.32 Å². The zero-order chi connectivity index (χ0) is 11.5. The fourth-order valence-corrected chi connectivity index (χ4v) is 3.07. The number of thiophene rings is 1. The minimum atomic E-state index is 0.805. The Kier molecular flexibility index (Phi) is 3.90. The maximum Gasteiger partial charge on any atom is 0.107 e. The number of anilines is 1. The summed E-state index contributed by atoms with van der Waals surface area (Å²) in [5, 5.41) is 3.36. The molecule has 4 heteroatoms. The summed E-state index contributed by atoms with van der Waals surface area (Å²) < 4.78 is 1.78. The molecule has 0 amide bonds. The molecule has 0 unspecified atom stereocenters. The van der Waals surface area contributed by atoms with Crippen LogP contribution >= 0.6 is 38.9 Å². The van der Waals surface area contributed by atoms with Crippen molar-refractivity contribution in [1.82, 2.24) is 0 Å². The lowest BCUT2D eigenvalue weighted by Crippen LogP contribution is -1.96. The minimum Gasteiger partial charge on any atom is -0.380 e. The van der Waals surface area contributed by atoms with E-state index in [1.807, 2.05) is 6.07 Å². The van der Waals surface area contributed by atoms with Gasteiger partial charge < -0.3 is 5.32 Å². The SMILES string of the molecule is Cc1ccc(NCc2cc(Br)c(Cl)s2)cc1. The van der Waals surface area contributed by atoms with E-state index in [-0.39, 0.29) is 0 Å². The molecule has 84 valence electrons. The molecule has 0 atom stereocenters. The number of hydrogen-bond acceptors (Lipinski definition) is 2. The Labute approximate surface area is 113 Å². The van der Waals surface area contributed by atoms with E-state index in [2.05, 4.69) is 52.4 Å². The minimum absolute atomic E-state index is 0.805. The van der Waals surface area contributed by atoms with Crippen LogP contribution in [0.2, 0.25) is 4.34 Å². The second-order valence-corrected chi connectivity index (χ2v) is 6.15. The summed E-state index contributed by atoms with van der Waals surface area (Å²) in [6.45, 7) is 2.89. The molecule has 0 radical (unpaired) electrons. The number of rotatable bonds is 3. The highest BCUT2D eigenvalue weighted by Gasteiger charge is 2.03. The topological polar surface area (TPSA) is 12.0 Å². The quantitative estimate of drug-likeness (QED) is 0.832. The van der Waals surface area contributed by atoms with Gasteiger partial charge in [-0.05, 0) is 41.1 Å². The van der Waals surface area contributed by atoms with Gasteiger partial charge in [0.1, 0.15) is 4.34 Å². The normalized spacial score (nSPS) is 10.4. The smallest absolute Gasteiger partial charge is 0.107 e. The van der Waals surface area contributed by atoms with Crippen molar-refractivity contribution < 1.29 is 0 Å². The Bertz CT molecular complexity index is 459. The van der Waals surface area contributed by atoms with Gasteiger partial charge in [0.05, 0.1) is 0 Å². The van der Waals surface area contributed by atoms with Crippen molar-refractivity contribution in [3.8, 4) is 0 Å². The lowest BCUT2D eigenvalue weighted by atomic mass is 10.2. The molecule has 2 rings (SSSR count). The van der Waals surface area contributed by atoms with Crippen molar-refractivity contribution in [3.63, 3.8) is 0 Å². The molecule has 0 aliphatic heterocycles. The van der Waals surface area contributed by atoms with Gasteiger partial charge in [-0.2, -0.15) is 0 Å². The molecule has 0 saturated heterocycles. The van der Waals surface area contributed by atoms with Crippen molar-refractivity contribution in [2.45, 2.75) is 13.5 Å². The fraction of sp³-hybridized carbons (Fsp3) is 0.167. The van der Waals surface area contributed by atoms with Gasteiger partial charge in [0.2, 0.25) is 0 Å². The monoisotopic (exact) mass is 315 g/mol. The van der Waals surface area contributed by atoms with Gasteiger partial charge in [-0.15, -0.1) is 11.3 Å². The van der Waals surface area contributed by atoms with E-state index in [0.29, 0.717) is 0 Å². The van der Waals surface area contributed by atoms with Crippen LogP contribution in [0.25, 0.3) is 0 Å². The average molecular weight is 317 g/mol. The van der Waals surface area contributed by atoms with Crippen LogP contribution < -0.4 is 5.32 Å². The highest BCUT2D eigenvalue weighted by Crippen LogP contribution is 2.32. The van der Waals surface area contributed by atoms with E-state index in [4.69, 9.17) is 11.6 Å². The van der Waals surface area contributed by atoms with Crippen molar-refractivity contribution in [1.29, 1.82) is 0 Å². The average Bonchev–Trinajstić information content (AvgIpc) is 2.58. The molecule has 0 aliphatic rings. The first kappa shape index (κ1) is 12.0. The first-order chi connectivity index (χ1) is 7.65. The number of aryl methyl sites for hydroxylation is 1. The van der Waals surface area contributed by atoms with Crippen LogP contribution in [0.15, 0.2) is 34.8 Å². The van der Waals surface area contributed by atoms with Crippen molar-refractivity contribution in [3.05, 3.63) is 49.6 Å². The number of halogens is 2. The summed E-state index contributed by atoms with van der Waals surface area (Å²) in [5.41, 5.74) is 2.40. The molecule has 0 bridgehead atoms. The zero-order valence-electron chi connectivity index (χ0n) is 8.76. The van der Waals surface area contributed by atoms with E-state index >= 15 is 0 Å². The van der Waals surface area contributed by atoms with Gasteiger partial charge >= 0.3 is 0 Å². The molecule has 0 aliphatic carbocycles. The van der Waals surface area contributed by atoms with E-state index in [1.165, 1.54) is 10.4 Å². The molecule has 0 saturated carbocycles. The molecule has 1 N–H and O–H groups in total. The van der Waals surface area contributed by atoms with Gasteiger partial charge in [-0.25, -0.2) is 0 Å². The van der Waals surface area contributed by atoms with Crippen molar-refractivity contribution in [2.24, 2.45) is 0 Å². The van der Waals surface area contributed by atoms with Crippen LogP contribution in [0.5, 0.6) is 0 Å². The third kappa shape index (κ3) is 3.00. The summed E-state index contributed by atoms with van der Waals surface area (Å²) in [6.07, 6.45) is 0. The van der Waals surface area contributed by atoms with Crippen LogP contribution in [0.4, 0.5) is 5.69 Å². The molecule has 1 heterocycles. The summed E-state index contributed by atoms with van der Waals surface area (Å²) in [6, 6.07) is 10.4. The number of benzene rings is 1. The Balaban J connectivity index is 1.99. The highest BCUT2D eigenvalue weighted by atomic mass is 79.9. The first-order valence-electron chi connectivity index (χ1n) is 4.89. The molecule has 16 heavy (non-hydrogen) atoms. The number of nitrogens with one attached hydrogen (secondary N) is 1. The fourth-order valence-electron chi connectivity index (χ4n) is 1.34. The van der Waals surface area contributed by atoms with E-state index in [1.54, 1.807) is 11.3 Å². The van der Waals surface area contributed by atoms with Crippen LogP contribution in [0.1, 0.15) is 10.4 Å². The van der Waals surface area contributed by atoms with Gasteiger partial charge in [-0.3, -0.25) is 0 Å². The third-order valence-electron chi connectivity index (χ3n) is 2.21. The third-order valence-corrected chi connectivity index (χ3v) is 4.69. The Morgan fingerprint density at radius 1 is 1.31 bits per heavy atom. The molecule has 0 fully saturated rings. The maximum atomic E-state index is 5.98. The number of hydrogen-bond donors (Lipinski definition) is 1. The van der Waals surface area contributed by atoms with E-state index < -0.39 is 0 Å². The molecule has 1 aromatic carbocycles. The lowest BCUT2D eigenvalue weighted by molar-refractivity contribution is 1.19. The molecular weight excluding hydrogens is 306 g/mol. The van der Waals surface area contributed by atoms with E-state index in [0.717, 1.165) is 21.0 Å². The maximum absolute atomic E-state index is 5.98. The Morgan fingerprint density at radius 2 is 2.00 bits per heavy atom. The molecule has 1 aromatic heterocycles. The second kappa shape index (κ2) is 5.21. The molecule has 1 nitrogen and oxygen atoms in total. The zero-order valence-corrected chi connectivity index (χ0v) is 11.9. The molecular formula is C12H11BrClNS. The summed E-state index contributed by atoms with van der Waals surface area (Å²) >= 11 is 11.0. The highest BCUT2D eigenvalue weighted by molar-refractivity contribution is 9.10. The van der Waals surface area contributed by atoms with Gasteiger partial charge in [-0.1, -0.05) is 29.3 Å². The summed E-state index contributed by atoms with van der Waals surface area (Å²) in [4.78, 5) is 1.22. The van der Waals surface area contributed by atoms with Gasteiger partial charge in [0, 0.05) is 21.6 Å². The van der Waals surface area contributed by atoms with E-state index in [9.17, 15) is 0 Å². The van der Waals surface area contributed by atoms with Crippen LogP contribution in [0.3, 0.4) is 0 Å². The van der Waals surface area contributed by atoms with Gasteiger partial charge in [0.15, 0.2) is 0 Å². The summed E-state index contributed by atoms with van der Waals surface area (Å²) in [7, 11) is 0. The van der Waals surface area contributed by atoms with Crippen LogP contribution in [0, 0.1) is 6.92 Å². The first-order valence-corrected chi connectivity index (χ1v) is 6.88. The largest absolute Gasteiger partial charge is 0.380 e.